The Morgan fingerprint density at radius 1 is 1.40 bits per heavy atom. The van der Waals surface area contributed by atoms with Gasteiger partial charge in [0.2, 0.25) is 5.82 Å². The van der Waals surface area contributed by atoms with Crippen molar-refractivity contribution in [2.24, 2.45) is 0 Å². The lowest BCUT2D eigenvalue weighted by molar-refractivity contribution is 0.0512. The summed E-state index contributed by atoms with van der Waals surface area (Å²) in [5.74, 6) is 0.750. The van der Waals surface area contributed by atoms with E-state index in [0.717, 1.165) is 11.3 Å². The largest absolute Gasteiger partial charge is 0.491 e. The molecule has 2 aromatic rings. The lowest BCUT2D eigenvalue weighted by Crippen LogP contribution is -2.06. The van der Waals surface area contributed by atoms with Crippen molar-refractivity contribution < 1.29 is 14.3 Å². The van der Waals surface area contributed by atoms with Crippen LogP contribution in [-0.4, -0.2) is 33.9 Å². The molecule has 20 heavy (non-hydrogen) atoms. The summed E-state index contributed by atoms with van der Waals surface area (Å²) in [6.07, 6.45) is 0.0903. The first-order valence-corrected chi connectivity index (χ1v) is 6.46. The van der Waals surface area contributed by atoms with Crippen LogP contribution in [0.5, 0.6) is 5.75 Å². The standard InChI is InChI=1S/C14H17N3O3/c1-4-19-14(18)13-15-12(16-17-13)10-6-5-7-11(8-10)20-9(2)3/h5-9H,4H2,1-3H3,(H,15,16,17). The third-order valence-corrected chi connectivity index (χ3v) is 2.42. The number of hydrogen-bond donors (Lipinski definition) is 1. The van der Waals surface area contributed by atoms with E-state index in [1.165, 1.54) is 0 Å². The number of carbonyl (C=O) groups excluding carboxylic acids is 1. The topological polar surface area (TPSA) is 77.1 Å². The lowest BCUT2D eigenvalue weighted by atomic mass is 10.2. The SMILES string of the molecule is CCOC(=O)c1nc(-c2cccc(OC(C)C)c2)n[nH]1. The molecule has 106 valence electrons. The second kappa shape index (κ2) is 6.18. The Hall–Kier alpha value is -2.37. The van der Waals surface area contributed by atoms with E-state index in [4.69, 9.17) is 9.47 Å². The molecule has 0 atom stereocenters. The molecule has 6 nitrogen and oxygen atoms in total. The number of aromatic amines is 1. The van der Waals surface area contributed by atoms with E-state index in [2.05, 4.69) is 15.2 Å². The lowest BCUT2D eigenvalue weighted by Gasteiger charge is -2.09. The van der Waals surface area contributed by atoms with Gasteiger partial charge in [-0.2, -0.15) is 5.10 Å². The van der Waals surface area contributed by atoms with Crippen LogP contribution in [0.3, 0.4) is 0 Å². The Labute approximate surface area is 117 Å². The van der Waals surface area contributed by atoms with Gasteiger partial charge in [-0.1, -0.05) is 12.1 Å². The van der Waals surface area contributed by atoms with Crippen molar-refractivity contribution >= 4 is 5.97 Å². The van der Waals surface area contributed by atoms with Gasteiger partial charge in [-0.15, -0.1) is 0 Å². The van der Waals surface area contributed by atoms with Gasteiger partial charge in [0, 0.05) is 5.56 Å². The fourth-order valence-corrected chi connectivity index (χ4v) is 1.66. The summed E-state index contributed by atoms with van der Waals surface area (Å²) < 4.78 is 10.5. The van der Waals surface area contributed by atoms with Gasteiger partial charge in [-0.25, -0.2) is 9.78 Å². The Morgan fingerprint density at radius 2 is 2.20 bits per heavy atom. The molecular formula is C14H17N3O3. The van der Waals surface area contributed by atoms with E-state index >= 15 is 0 Å². The van der Waals surface area contributed by atoms with Gasteiger partial charge in [0.1, 0.15) is 5.75 Å². The summed E-state index contributed by atoms with van der Waals surface area (Å²) in [5.41, 5.74) is 0.773. The number of carbonyl (C=O) groups is 1. The van der Waals surface area contributed by atoms with Crippen LogP contribution in [0.25, 0.3) is 11.4 Å². The van der Waals surface area contributed by atoms with Gasteiger partial charge < -0.3 is 9.47 Å². The maximum Gasteiger partial charge on any atom is 0.375 e. The van der Waals surface area contributed by atoms with E-state index in [9.17, 15) is 4.79 Å². The number of hydrogen-bond acceptors (Lipinski definition) is 5. The van der Waals surface area contributed by atoms with E-state index in [1.807, 2.05) is 38.1 Å². The first-order valence-electron chi connectivity index (χ1n) is 6.46. The summed E-state index contributed by atoms with van der Waals surface area (Å²) in [5, 5.41) is 6.59. The molecule has 0 radical (unpaired) electrons. The second-order valence-corrected chi connectivity index (χ2v) is 4.42. The molecule has 0 bridgehead atoms. The zero-order valence-corrected chi connectivity index (χ0v) is 11.7. The third kappa shape index (κ3) is 3.34. The average Bonchev–Trinajstić information content (AvgIpc) is 2.88. The van der Waals surface area contributed by atoms with Crippen molar-refractivity contribution in [3.8, 4) is 17.1 Å². The fourth-order valence-electron chi connectivity index (χ4n) is 1.66. The normalized spacial score (nSPS) is 10.6. The minimum absolute atomic E-state index is 0.0903. The van der Waals surface area contributed by atoms with Crippen LogP contribution < -0.4 is 4.74 Å². The molecule has 0 saturated carbocycles. The van der Waals surface area contributed by atoms with Gasteiger partial charge >= 0.3 is 5.97 Å². The van der Waals surface area contributed by atoms with Crippen molar-refractivity contribution in [2.45, 2.75) is 26.9 Å². The summed E-state index contributed by atoms with van der Waals surface area (Å²) in [6.45, 7) is 5.95. The van der Waals surface area contributed by atoms with Crippen LogP contribution in [0.4, 0.5) is 0 Å². The predicted molar refractivity (Wildman–Crippen MR) is 73.5 cm³/mol. The molecule has 0 aliphatic heterocycles. The molecule has 0 aliphatic carbocycles. The highest BCUT2D eigenvalue weighted by Crippen LogP contribution is 2.21. The van der Waals surface area contributed by atoms with Crippen molar-refractivity contribution in [3.05, 3.63) is 30.1 Å². The van der Waals surface area contributed by atoms with Crippen LogP contribution in [0.15, 0.2) is 24.3 Å². The van der Waals surface area contributed by atoms with E-state index in [1.54, 1.807) is 6.92 Å². The number of aromatic nitrogens is 3. The summed E-state index contributed by atoms with van der Waals surface area (Å²) in [6, 6.07) is 7.40. The van der Waals surface area contributed by atoms with Crippen LogP contribution in [0.2, 0.25) is 0 Å². The van der Waals surface area contributed by atoms with Crippen molar-refractivity contribution in [1.82, 2.24) is 15.2 Å². The predicted octanol–water partition coefficient (Wildman–Crippen LogP) is 2.44. The molecule has 0 unspecified atom stereocenters. The van der Waals surface area contributed by atoms with E-state index in [0.29, 0.717) is 12.4 Å². The molecule has 0 amide bonds. The number of nitrogens with zero attached hydrogens (tertiary/aromatic N) is 2. The highest BCUT2D eigenvalue weighted by molar-refractivity contribution is 5.85. The Balaban J connectivity index is 2.21. The van der Waals surface area contributed by atoms with Crippen LogP contribution >= 0.6 is 0 Å². The molecule has 1 heterocycles. The molecule has 1 N–H and O–H groups in total. The molecular weight excluding hydrogens is 258 g/mol. The number of nitrogens with one attached hydrogen (secondary N) is 1. The maximum atomic E-state index is 11.5. The van der Waals surface area contributed by atoms with Crippen LogP contribution in [-0.2, 0) is 4.74 Å². The summed E-state index contributed by atoms with van der Waals surface area (Å²) >= 11 is 0. The molecule has 2 rings (SSSR count). The highest BCUT2D eigenvalue weighted by atomic mass is 16.5. The fraction of sp³-hybridized carbons (Fsp3) is 0.357. The monoisotopic (exact) mass is 275 g/mol. The van der Waals surface area contributed by atoms with Gasteiger partial charge in [0.15, 0.2) is 5.82 Å². The third-order valence-electron chi connectivity index (χ3n) is 2.42. The summed E-state index contributed by atoms with van der Waals surface area (Å²) in [4.78, 5) is 15.6. The van der Waals surface area contributed by atoms with Crippen LogP contribution in [0.1, 0.15) is 31.4 Å². The molecule has 1 aromatic carbocycles. The number of esters is 1. The molecule has 0 saturated heterocycles. The van der Waals surface area contributed by atoms with Gasteiger partial charge in [0.25, 0.3) is 0 Å². The minimum Gasteiger partial charge on any atom is -0.491 e. The van der Waals surface area contributed by atoms with E-state index < -0.39 is 5.97 Å². The minimum atomic E-state index is -0.513. The molecule has 0 aliphatic rings. The molecule has 0 spiro atoms. The number of benzene rings is 1. The van der Waals surface area contributed by atoms with Crippen LogP contribution in [0, 0.1) is 0 Å². The van der Waals surface area contributed by atoms with Gasteiger partial charge in [0.05, 0.1) is 12.7 Å². The maximum absolute atomic E-state index is 11.5. The smallest absolute Gasteiger partial charge is 0.375 e. The number of H-pyrrole nitrogens is 1. The average molecular weight is 275 g/mol. The molecule has 6 heteroatoms. The Bertz CT molecular complexity index is 593. The van der Waals surface area contributed by atoms with E-state index in [-0.39, 0.29) is 11.9 Å². The van der Waals surface area contributed by atoms with Crippen molar-refractivity contribution in [3.63, 3.8) is 0 Å². The zero-order chi connectivity index (χ0) is 14.5. The molecule has 0 fully saturated rings. The Morgan fingerprint density at radius 3 is 2.90 bits per heavy atom. The number of rotatable bonds is 5. The molecule has 1 aromatic heterocycles. The number of ether oxygens (including phenoxy) is 2. The van der Waals surface area contributed by atoms with Gasteiger partial charge in [-0.3, -0.25) is 5.10 Å². The Kier molecular flexibility index (Phi) is 4.34. The zero-order valence-electron chi connectivity index (χ0n) is 11.7. The second-order valence-electron chi connectivity index (χ2n) is 4.42. The quantitative estimate of drug-likeness (QED) is 0.848. The van der Waals surface area contributed by atoms with Crippen molar-refractivity contribution in [2.75, 3.05) is 6.61 Å². The first kappa shape index (κ1) is 14.0. The first-order chi connectivity index (χ1) is 9.60. The van der Waals surface area contributed by atoms with Crippen molar-refractivity contribution in [1.29, 1.82) is 0 Å². The highest BCUT2D eigenvalue weighted by Gasteiger charge is 2.14. The summed E-state index contributed by atoms with van der Waals surface area (Å²) in [7, 11) is 0. The van der Waals surface area contributed by atoms with Gasteiger partial charge in [-0.05, 0) is 32.9 Å².